The van der Waals surface area contributed by atoms with E-state index in [0.29, 0.717) is 38.9 Å². The molecule has 4 rings (SSSR count). The Kier molecular flexibility index (Phi) is 6.95. The molecule has 0 bridgehead atoms. The lowest BCUT2D eigenvalue weighted by Crippen LogP contribution is -2.47. The van der Waals surface area contributed by atoms with Crippen LogP contribution < -0.4 is 5.48 Å². The third kappa shape index (κ3) is 4.88. The second-order valence-corrected chi connectivity index (χ2v) is 9.08. The topological polar surface area (TPSA) is 119 Å². The minimum absolute atomic E-state index is 0.0792. The quantitative estimate of drug-likeness (QED) is 0.477. The van der Waals surface area contributed by atoms with Crippen molar-refractivity contribution < 1.29 is 29.4 Å². The Morgan fingerprint density at radius 3 is 2.38 bits per heavy atom. The molecule has 2 aliphatic heterocycles. The van der Waals surface area contributed by atoms with Crippen LogP contribution in [-0.4, -0.2) is 76.4 Å². The van der Waals surface area contributed by atoms with Crippen LogP contribution in [-0.2, 0) is 14.3 Å². The summed E-state index contributed by atoms with van der Waals surface area (Å²) in [6.45, 7) is 1.93. The maximum absolute atomic E-state index is 13.3. The van der Waals surface area contributed by atoms with Crippen LogP contribution in [0.3, 0.4) is 0 Å². The van der Waals surface area contributed by atoms with Gasteiger partial charge >= 0.3 is 6.09 Å². The average Bonchev–Trinajstić information content (AvgIpc) is 3.48. The highest BCUT2D eigenvalue weighted by molar-refractivity contribution is 5.87. The monoisotopic (exact) mass is 445 g/mol. The number of hydrogen-bond acceptors (Lipinski definition) is 6. The Bertz CT molecular complexity index is 834. The summed E-state index contributed by atoms with van der Waals surface area (Å²) in [5.41, 5.74) is 2.89. The Balaban J connectivity index is 1.37. The van der Waals surface area contributed by atoms with Crippen LogP contribution in [0.4, 0.5) is 4.79 Å². The fourth-order valence-electron chi connectivity index (χ4n) is 5.22. The number of likely N-dealkylation sites (tertiary alicyclic amines) is 2. The normalized spacial score (nSPS) is 30.2. The first-order chi connectivity index (χ1) is 15.5. The predicted octanol–water partition coefficient (Wildman–Crippen LogP) is 1.50. The number of amides is 3. The summed E-state index contributed by atoms with van der Waals surface area (Å²) in [5, 5.41) is 18.9. The van der Waals surface area contributed by atoms with Crippen LogP contribution in [0.15, 0.2) is 30.3 Å². The summed E-state index contributed by atoms with van der Waals surface area (Å²) in [7, 11) is 0. The highest BCUT2D eigenvalue weighted by Gasteiger charge is 2.43. The molecule has 0 aromatic heterocycles. The Hall–Kier alpha value is -2.65. The van der Waals surface area contributed by atoms with Gasteiger partial charge in [-0.3, -0.25) is 14.8 Å². The van der Waals surface area contributed by atoms with Crippen molar-refractivity contribution >= 4 is 17.9 Å². The van der Waals surface area contributed by atoms with E-state index in [2.05, 4.69) is 12.1 Å². The molecule has 3 N–H and O–H groups in total. The van der Waals surface area contributed by atoms with Gasteiger partial charge in [0, 0.05) is 32.1 Å². The van der Waals surface area contributed by atoms with E-state index in [1.807, 2.05) is 23.1 Å². The van der Waals surface area contributed by atoms with Gasteiger partial charge in [-0.2, -0.15) is 0 Å². The molecule has 0 spiro atoms. The first-order valence-corrected chi connectivity index (χ1v) is 11.4. The van der Waals surface area contributed by atoms with E-state index in [-0.39, 0.29) is 24.8 Å². The summed E-state index contributed by atoms with van der Waals surface area (Å²) >= 11 is 0. The Morgan fingerprint density at radius 1 is 0.938 bits per heavy atom. The van der Waals surface area contributed by atoms with Crippen molar-refractivity contribution in [3.8, 4) is 0 Å². The van der Waals surface area contributed by atoms with Gasteiger partial charge in [0.05, 0.1) is 17.9 Å². The second-order valence-electron chi connectivity index (χ2n) is 9.08. The second kappa shape index (κ2) is 9.87. The smallest absolute Gasteiger partial charge is 0.410 e. The van der Waals surface area contributed by atoms with E-state index in [1.54, 1.807) is 5.48 Å². The highest BCUT2D eigenvalue weighted by Crippen LogP contribution is 2.36. The fraction of sp³-hybridized carbons (Fsp3) is 0.609. The molecule has 0 radical (unpaired) electrons. The molecule has 3 amide bonds. The zero-order chi connectivity index (χ0) is 22.7. The minimum Gasteiger partial charge on any atom is -0.446 e. The van der Waals surface area contributed by atoms with Gasteiger partial charge in [-0.15, -0.1) is 0 Å². The molecule has 1 saturated carbocycles. The molecule has 9 heteroatoms. The van der Waals surface area contributed by atoms with Crippen molar-refractivity contribution in [2.24, 2.45) is 11.8 Å². The largest absolute Gasteiger partial charge is 0.446 e. The molecule has 1 aromatic carbocycles. The van der Waals surface area contributed by atoms with Gasteiger partial charge in [-0.1, -0.05) is 30.3 Å². The number of aliphatic hydroxyl groups excluding tert-OH is 1. The zero-order valence-corrected chi connectivity index (χ0v) is 18.1. The number of ether oxygens (including phenoxy) is 1. The number of carbonyl (C=O) groups excluding carboxylic acids is 3. The molecule has 1 aromatic rings. The summed E-state index contributed by atoms with van der Waals surface area (Å²) in [6, 6.07) is 10.1. The number of hydrogen-bond donors (Lipinski definition) is 3. The molecule has 2 heterocycles. The molecule has 32 heavy (non-hydrogen) atoms. The van der Waals surface area contributed by atoms with Gasteiger partial charge in [-0.05, 0) is 37.7 Å². The number of rotatable bonds is 4. The van der Waals surface area contributed by atoms with Gasteiger partial charge in [0.15, 0.2) is 0 Å². The van der Waals surface area contributed by atoms with E-state index in [0.717, 1.165) is 6.42 Å². The summed E-state index contributed by atoms with van der Waals surface area (Å²) in [5.74, 6) is -1.75. The lowest BCUT2D eigenvalue weighted by atomic mass is 9.76. The van der Waals surface area contributed by atoms with E-state index < -0.39 is 36.0 Å². The molecule has 3 aliphatic rings. The number of hydroxylamine groups is 1. The van der Waals surface area contributed by atoms with Crippen molar-refractivity contribution in [3.63, 3.8) is 0 Å². The first-order valence-electron chi connectivity index (χ1n) is 11.4. The van der Waals surface area contributed by atoms with Gasteiger partial charge in [0.1, 0.15) is 6.10 Å². The molecule has 1 unspecified atom stereocenters. The first kappa shape index (κ1) is 22.5. The maximum atomic E-state index is 13.3. The predicted molar refractivity (Wildman–Crippen MR) is 114 cm³/mol. The molecule has 2 saturated heterocycles. The van der Waals surface area contributed by atoms with Gasteiger partial charge in [-0.25, -0.2) is 10.3 Å². The highest BCUT2D eigenvalue weighted by atomic mass is 16.6. The van der Waals surface area contributed by atoms with E-state index >= 15 is 0 Å². The van der Waals surface area contributed by atoms with E-state index in [9.17, 15) is 24.7 Å². The molecule has 174 valence electrons. The fourth-order valence-corrected chi connectivity index (χ4v) is 5.22. The molecule has 3 fully saturated rings. The van der Waals surface area contributed by atoms with Gasteiger partial charge in [0.25, 0.3) is 0 Å². The lowest BCUT2D eigenvalue weighted by molar-refractivity contribution is -0.148. The van der Waals surface area contributed by atoms with Gasteiger partial charge < -0.3 is 19.6 Å². The number of β-amino-alcohol motifs (C(OH)–C–C–N with tert-alkyl or cyclic N) is 1. The minimum atomic E-state index is -0.765. The molecular formula is C23H31N3O6. The summed E-state index contributed by atoms with van der Waals surface area (Å²) < 4.78 is 5.57. The lowest BCUT2D eigenvalue weighted by Gasteiger charge is -2.36. The third-order valence-electron chi connectivity index (χ3n) is 7.03. The number of nitrogens with one attached hydrogen (secondary N) is 1. The van der Waals surface area contributed by atoms with Crippen LogP contribution >= 0.6 is 0 Å². The van der Waals surface area contributed by atoms with Crippen molar-refractivity contribution in [2.75, 3.05) is 26.2 Å². The van der Waals surface area contributed by atoms with Crippen LogP contribution in [0.1, 0.15) is 43.6 Å². The molecule has 1 aliphatic carbocycles. The maximum Gasteiger partial charge on any atom is 0.410 e. The van der Waals surface area contributed by atoms with E-state index in [4.69, 9.17) is 4.74 Å². The summed E-state index contributed by atoms with van der Waals surface area (Å²) in [6.07, 6.45) is 0.901. The number of aliphatic hydroxyl groups is 1. The average molecular weight is 446 g/mol. The van der Waals surface area contributed by atoms with E-state index in [1.165, 1.54) is 10.5 Å². The van der Waals surface area contributed by atoms with Crippen molar-refractivity contribution in [2.45, 2.75) is 50.2 Å². The Labute approximate surface area is 187 Å². The molecule has 5 atom stereocenters. The number of nitrogens with zero attached hydrogens (tertiary/aromatic N) is 2. The van der Waals surface area contributed by atoms with Gasteiger partial charge in [0.2, 0.25) is 11.8 Å². The SMILES string of the molecule is O=C(NO)C1C[C@@H](OC(=O)N2CC[C@@H](O)C2)CC[C@@H]1C(=O)N1CC[C@H](c2ccccc2)C1. The number of carbonyl (C=O) groups is 3. The van der Waals surface area contributed by atoms with Crippen LogP contribution in [0.2, 0.25) is 0 Å². The Morgan fingerprint density at radius 2 is 1.69 bits per heavy atom. The van der Waals surface area contributed by atoms with Crippen molar-refractivity contribution in [1.82, 2.24) is 15.3 Å². The van der Waals surface area contributed by atoms with Crippen LogP contribution in [0.25, 0.3) is 0 Å². The standard InChI is InChI=1S/C23H31N3O6/c27-17-9-11-26(14-17)23(30)32-18-6-7-19(20(12-18)21(28)24-31)22(29)25-10-8-16(13-25)15-4-2-1-3-5-15/h1-5,16-20,27,31H,6-14H2,(H,24,28)/t16-,17+,18-,19-,20?/m0/s1. The summed E-state index contributed by atoms with van der Waals surface area (Å²) in [4.78, 5) is 41.3. The van der Waals surface area contributed by atoms with Crippen LogP contribution in [0.5, 0.6) is 0 Å². The molecule has 9 nitrogen and oxygen atoms in total. The molecular weight excluding hydrogens is 414 g/mol. The van der Waals surface area contributed by atoms with Crippen molar-refractivity contribution in [3.05, 3.63) is 35.9 Å². The van der Waals surface area contributed by atoms with Crippen LogP contribution in [0, 0.1) is 11.8 Å². The number of benzene rings is 1. The third-order valence-corrected chi connectivity index (χ3v) is 7.03. The zero-order valence-electron chi connectivity index (χ0n) is 18.1. The van der Waals surface area contributed by atoms with Crippen molar-refractivity contribution in [1.29, 1.82) is 0 Å².